The van der Waals surface area contributed by atoms with Gasteiger partial charge >= 0.3 is 5.97 Å². The van der Waals surface area contributed by atoms with Crippen molar-refractivity contribution in [2.75, 3.05) is 5.75 Å². The van der Waals surface area contributed by atoms with Crippen LogP contribution in [0, 0.1) is 0 Å². The van der Waals surface area contributed by atoms with E-state index in [0.29, 0.717) is 6.42 Å². The molecule has 0 saturated heterocycles. The lowest BCUT2D eigenvalue weighted by atomic mass is 9.93. The first-order chi connectivity index (χ1) is 15.7. The Hall–Kier alpha value is -3.77. The number of pyridine rings is 1. The number of nitrogens with zero attached hydrogens (tertiary/aromatic N) is 3. The second-order valence-corrected chi connectivity index (χ2v) is 8.55. The standard InChI is InChI=1S/C26H19N3O2S/c30-26(31)16-32-25-14-24(28-29-25)23-12-21(11-22(13-23)20-6-3-9-27-15-20)19-8-7-17-4-1-2-5-18(17)10-19/h1-13,15H,14,16H2,(H,30,31). The summed E-state index contributed by atoms with van der Waals surface area (Å²) >= 11 is 1.22. The van der Waals surface area contributed by atoms with Gasteiger partial charge in [0.1, 0.15) is 5.04 Å². The summed E-state index contributed by atoms with van der Waals surface area (Å²) < 4.78 is 0. The summed E-state index contributed by atoms with van der Waals surface area (Å²) in [6, 6.07) is 25.1. The number of fused-ring (bicyclic) bond motifs is 1. The van der Waals surface area contributed by atoms with E-state index in [0.717, 1.165) is 38.6 Å². The Labute approximate surface area is 189 Å². The number of thioether (sulfide) groups is 1. The van der Waals surface area contributed by atoms with Crippen LogP contribution in [0.5, 0.6) is 0 Å². The predicted octanol–water partition coefficient (Wildman–Crippen LogP) is 5.89. The minimum Gasteiger partial charge on any atom is -0.481 e. The molecule has 32 heavy (non-hydrogen) atoms. The van der Waals surface area contributed by atoms with Crippen LogP contribution in [0.4, 0.5) is 0 Å². The summed E-state index contributed by atoms with van der Waals surface area (Å²) in [4.78, 5) is 15.2. The van der Waals surface area contributed by atoms with Crippen LogP contribution in [0.2, 0.25) is 0 Å². The number of carbonyl (C=O) groups is 1. The molecular weight excluding hydrogens is 418 g/mol. The molecule has 1 aliphatic heterocycles. The van der Waals surface area contributed by atoms with Crippen molar-refractivity contribution in [1.29, 1.82) is 0 Å². The van der Waals surface area contributed by atoms with Crippen LogP contribution < -0.4 is 0 Å². The molecule has 0 bridgehead atoms. The van der Waals surface area contributed by atoms with E-state index in [-0.39, 0.29) is 5.75 Å². The lowest BCUT2D eigenvalue weighted by Crippen LogP contribution is -2.05. The number of aliphatic carboxylic acids is 1. The number of aromatic nitrogens is 1. The van der Waals surface area contributed by atoms with Crippen molar-refractivity contribution in [2.45, 2.75) is 6.42 Å². The van der Waals surface area contributed by atoms with E-state index < -0.39 is 5.97 Å². The van der Waals surface area contributed by atoms with Gasteiger partial charge in [0.25, 0.3) is 0 Å². The number of carboxylic acid groups (broad SMARTS) is 1. The topological polar surface area (TPSA) is 74.9 Å². The van der Waals surface area contributed by atoms with Gasteiger partial charge in [0.2, 0.25) is 0 Å². The molecule has 3 aromatic carbocycles. The average Bonchev–Trinajstić information content (AvgIpc) is 3.32. The van der Waals surface area contributed by atoms with Crippen LogP contribution >= 0.6 is 11.8 Å². The van der Waals surface area contributed by atoms with Gasteiger partial charge in [0.15, 0.2) is 0 Å². The Balaban J connectivity index is 1.54. The zero-order chi connectivity index (χ0) is 21.9. The Kier molecular flexibility index (Phi) is 5.52. The molecule has 5 rings (SSSR count). The van der Waals surface area contributed by atoms with Gasteiger partial charge in [0.05, 0.1) is 11.5 Å². The molecule has 0 saturated carbocycles. The van der Waals surface area contributed by atoms with Gasteiger partial charge in [0, 0.05) is 24.4 Å². The van der Waals surface area contributed by atoms with Crippen molar-refractivity contribution < 1.29 is 9.90 Å². The molecule has 0 radical (unpaired) electrons. The largest absolute Gasteiger partial charge is 0.481 e. The highest BCUT2D eigenvalue weighted by atomic mass is 32.2. The average molecular weight is 438 g/mol. The van der Waals surface area contributed by atoms with Gasteiger partial charge in [-0.1, -0.05) is 54.2 Å². The van der Waals surface area contributed by atoms with Crippen molar-refractivity contribution in [3.05, 3.63) is 90.8 Å². The normalized spacial score (nSPS) is 13.1. The van der Waals surface area contributed by atoms with E-state index in [4.69, 9.17) is 5.11 Å². The second kappa shape index (κ2) is 8.77. The third-order valence-electron chi connectivity index (χ3n) is 5.31. The zero-order valence-corrected chi connectivity index (χ0v) is 17.9. The maximum atomic E-state index is 10.9. The van der Waals surface area contributed by atoms with Gasteiger partial charge < -0.3 is 5.11 Å². The molecule has 0 atom stereocenters. The Morgan fingerprint density at radius 1 is 0.812 bits per heavy atom. The highest BCUT2D eigenvalue weighted by Crippen LogP contribution is 2.31. The summed E-state index contributed by atoms with van der Waals surface area (Å²) in [7, 11) is 0. The van der Waals surface area contributed by atoms with Gasteiger partial charge in [-0.05, 0) is 63.4 Å². The van der Waals surface area contributed by atoms with Crippen molar-refractivity contribution in [2.24, 2.45) is 10.2 Å². The molecule has 4 aromatic rings. The predicted molar refractivity (Wildman–Crippen MR) is 131 cm³/mol. The molecule has 6 heteroatoms. The van der Waals surface area contributed by atoms with Crippen molar-refractivity contribution in [3.63, 3.8) is 0 Å². The minimum atomic E-state index is -0.858. The van der Waals surface area contributed by atoms with Crippen LogP contribution in [0.3, 0.4) is 0 Å². The molecule has 0 amide bonds. The van der Waals surface area contributed by atoms with Crippen molar-refractivity contribution >= 4 is 39.3 Å². The molecule has 156 valence electrons. The van der Waals surface area contributed by atoms with Gasteiger partial charge in [-0.3, -0.25) is 9.78 Å². The highest BCUT2D eigenvalue weighted by molar-refractivity contribution is 8.14. The Bertz CT molecular complexity index is 1380. The van der Waals surface area contributed by atoms with Crippen LogP contribution in [0.15, 0.2) is 95.4 Å². The molecule has 0 fully saturated rings. The molecule has 0 spiro atoms. The number of carboxylic acids is 1. The summed E-state index contributed by atoms with van der Waals surface area (Å²) in [5.41, 5.74) is 6.09. The van der Waals surface area contributed by atoms with Crippen LogP contribution in [0.25, 0.3) is 33.0 Å². The Morgan fingerprint density at radius 3 is 2.38 bits per heavy atom. The summed E-state index contributed by atoms with van der Waals surface area (Å²) in [6.07, 6.45) is 4.15. The molecule has 1 aliphatic rings. The highest BCUT2D eigenvalue weighted by Gasteiger charge is 2.18. The monoisotopic (exact) mass is 437 g/mol. The quantitative estimate of drug-likeness (QED) is 0.422. The van der Waals surface area contributed by atoms with Crippen LogP contribution in [0.1, 0.15) is 12.0 Å². The lowest BCUT2D eigenvalue weighted by Gasteiger charge is -2.11. The fraction of sp³-hybridized carbons (Fsp3) is 0.0769. The maximum Gasteiger partial charge on any atom is 0.313 e. The Morgan fingerprint density at radius 2 is 1.59 bits per heavy atom. The molecule has 2 heterocycles. The fourth-order valence-corrected chi connectivity index (χ4v) is 4.37. The first-order valence-electron chi connectivity index (χ1n) is 10.2. The van der Waals surface area contributed by atoms with Crippen molar-refractivity contribution in [3.8, 4) is 22.3 Å². The molecule has 0 aliphatic carbocycles. The molecule has 1 N–H and O–H groups in total. The van der Waals surface area contributed by atoms with Crippen molar-refractivity contribution in [1.82, 2.24) is 4.98 Å². The van der Waals surface area contributed by atoms with E-state index in [9.17, 15) is 4.79 Å². The first-order valence-corrected chi connectivity index (χ1v) is 11.2. The maximum absolute atomic E-state index is 10.9. The van der Waals surface area contributed by atoms with Gasteiger partial charge in [-0.25, -0.2) is 0 Å². The number of benzene rings is 3. The summed E-state index contributed by atoms with van der Waals surface area (Å²) in [5.74, 6) is -0.872. The van der Waals surface area contributed by atoms with E-state index in [2.05, 4.69) is 63.7 Å². The van der Waals surface area contributed by atoms with Gasteiger partial charge in [-0.15, -0.1) is 5.10 Å². The van der Waals surface area contributed by atoms with E-state index in [1.807, 2.05) is 30.5 Å². The summed E-state index contributed by atoms with van der Waals surface area (Å²) in [5, 5.41) is 20.6. The van der Waals surface area contributed by atoms with E-state index in [1.54, 1.807) is 6.20 Å². The first kappa shape index (κ1) is 20.2. The lowest BCUT2D eigenvalue weighted by molar-refractivity contribution is -0.133. The number of hydrogen-bond acceptors (Lipinski definition) is 5. The molecule has 5 nitrogen and oxygen atoms in total. The van der Waals surface area contributed by atoms with Crippen LogP contribution in [-0.2, 0) is 4.79 Å². The molecule has 0 unspecified atom stereocenters. The fourth-order valence-electron chi connectivity index (χ4n) is 3.74. The van der Waals surface area contributed by atoms with Gasteiger partial charge in [-0.2, -0.15) is 5.10 Å². The molecule has 1 aromatic heterocycles. The summed E-state index contributed by atoms with van der Waals surface area (Å²) in [6.45, 7) is 0. The van der Waals surface area contributed by atoms with E-state index >= 15 is 0 Å². The third-order valence-corrected chi connectivity index (χ3v) is 6.26. The molecular formula is C26H19N3O2S. The third kappa shape index (κ3) is 4.31. The second-order valence-electron chi connectivity index (χ2n) is 7.50. The van der Waals surface area contributed by atoms with Crippen LogP contribution in [-0.4, -0.2) is 32.6 Å². The number of hydrogen-bond donors (Lipinski definition) is 1. The zero-order valence-electron chi connectivity index (χ0n) is 17.1. The van der Waals surface area contributed by atoms with E-state index in [1.165, 1.54) is 22.5 Å². The number of rotatable bonds is 5. The SMILES string of the molecule is O=C(O)CSC1=NN=C(c2cc(-c3cccnc3)cc(-c3ccc4ccccc4c3)c2)C1. The smallest absolute Gasteiger partial charge is 0.313 e. The minimum absolute atomic E-state index is 0.0142.